The van der Waals surface area contributed by atoms with E-state index >= 15 is 0 Å². The molecule has 1 aliphatic carbocycles. The van der Waals surface area contributed by atoms with E-state index in [2.05, 4.69) is 33.9 Å². The fourth-order valence-corrected chi connectivity index (χ4v) is 3.65. The summed E-state index contributed by atoms with van der Waals surface area (Å²) in [6, 6.07) is 0. The molecule has 21 heavy (non-hydrogen) atoms. The SMILES string of the molecule is C[C@H]1C(=O)CC[C@@](C)([N+](=O)[O-])[C@H]1CO[Si](C)(C)C(C)(C)C. The maximum Gasteiger partial charge on any atom is 0.225 e. The Kier molecular flexibility index (Phi) is 5.05. The van der Waals surface area contributed by atoms with Gasteiger partial charge in [-0.25, -0.2) is 0 Å². The van der Waals surface area contributed by atoms with Crippen molar-refractivity contribution in [3.63, 3.8) is 0 Å². The maximum absolute atomic E-state index is 12.0. The molecular weight excluding hydrogens is 286 g/mol. The molecule has 0 unspecified atom stereocenters. The smallest absolute Gasteiger partial charge is 0.225 e. The van der Waals surface area contributed by atoms with Crippen molar-refractivity contribution in [3.05, 3.63) is 10.1 Å². The van der Waals surface area contributed by atoms with E-state index in [1.807, 2.05) is 6.92 Å². The number of hydrogen-bond donors (Lipinski definition) is 0. The number of nitro groups is 1. The van der Waals surface area contributed by atoms with Gasteiger partial charge in [0.25, 0.3) is 0 Å². The zero-order valence-electron chi connectivity index (χ0n) is 14.4. The van der Waals surface area contributed by atoms with Gasteiger partial charge in [-0.1, -0.05) is 27.7 Å². The monoisotopic (exact) mass is 315 g/mol. The van der Waals surface area contributed by atoms with Crippen LogP contribution in [0.25, 0.3) is 0 Å². The van der Waals surface area contributed by atoms with Crippen molar-refractivity contribution in [3.8, 4) is 0 Å². The third kappa shape index (κ3) is 3.53. The van der Waals surface area contributed by atoms with Crippen molar-refractivity contribution in [1.29, 1.82) is 0 Å². The van der Waals surface area contributed by atoms with Gasteiger partial charge < -0.3 is 4.43 Å². The fraction of sp³-hybridized carbons (Fsp3) is 0.933. The average Bonchev–Trinajstić information content (AvgIpc) is 2.32. The van der Waals surface area contributed by atoms with Crippen LogP contribution in [0.1, 0.15) is 47.5 Å². The van der Waals surface area contributed by atoms with E-state index in [0.717, 1.165) is 0 Å². The number of ketones is 1. The minimum atomic E-state index is -1.97. The molecule has 6 heteroatoms. The van der Waals surface area contributed by atoms with E-state index in [0.29, 0.717) is 19.4 Å². The second-order valence-electron chi connectivity index (χ2n) is 8.05. The van der Waals surface area contributed by atoms with Crippen LogP contribution in [0.15, 0.2) is 0 Å². The Bertz CT molecular complexity index is 430. The van der Waals surface area contributed by atoms with Gasteiger partial charge in [0.1, 0.15) is 5.78 Å². The Labute approximate surface area is 128 Å². The molecule has 0 aliphatic heterocycles. The number of carbonyl (C=O) groups is 1. The van der Waals surface area contributed by atoms with Crippen LogP contribution in [-0.2, 0) is 9.22 Å². The topological polar surface area (TPSA) is 69.4 Å². The third-order valence-corrected chi connectivity index (χ3v) is 10.1. The van der Waals surface area contributed by atoms with Crippen LogP contribution in [0.4, 0.5) is 0 Å². The van der Waals surface area contributed by atoms with E-state index in [1.165, 1.54) is 0 Å². The molecule has 0 spiro atoms. The normalized spacial score (nSPS) is 31.3. The number of nitrogens with zero attached hydrogens (tertiary/aromatic N) is 1. The molecule has 5 nitrogen and oxygen atoms in total. The van der Waals surface area contributed by atoms with Crippen LogP contribution >= 0.6 is 0 Å². The van der Waals surface area contributed by atoms with Gasteiger partial charge >= 0.3 is 0 Å². The van der Waals surface area contributed by atoms with Crippen LogP contribution in [0.3, 0.4) is 0 Å². The highest BCUT2D eigenvalue weighted by Gasteiger charge is 2.54. The van der Waals surface area contributed by atoms with E-state index < -0.39 is 13.9 Å². The molecule has 0 heterocycles. The van der Waals surface area contributed by atoms with Crippen molar-refractivity contribution in [2.45, 2.75) is 71.1 Å². The Balaban J connectivity index is 2.95. The second-order valence-corrected chi connectivity index (χ2v) is 12.9. The second kappa shape index (κ2) is 5.80. The summed E-state index contributed by atoms with van der Waals surface area (Å²) < 4.78 is 6.18. The molecule has 0 N–H and O–H groups in total. The lowest BCUT2D eigenvalue weighted by atomic mass is 9.68. The van der Waals surface area contributed by atoms with Crippen LogP contribution in [0.5, 0.6) is 0 Å². The summed E-state index contributed by atoms with van der Waals surface area (Å²) in [7, 11) is -1.97. The molecule has 3 atom stereocenters. The molecule has 0 aromatic carbocycles. The van der Waals surface area contributed by atoms with Crippen LogP contribution in [-0.4, -0.2) is 31.2 Å². The van der Waals surface area contributed by atoms with Crippen LogP contribution in [0, 0.1) is 22.0 Å². The number of rotatable bonds is 4. The molecular formula is C15H29NO4Si. The molecule has 1 aliphatic rings. The molecule has 122 valence electrons. The molecule has 0 saturated heterocycles. The van der Waals surface area contributed by atoms with Gasteiger partial charge in [0, 0.05) is 37.2 Å². The molecule has 1 saturated carbocycles. The van der Waals surface area contributed by atoms with Gasteiger partial charge in [-0.3, -0.25) is 14.9 Å². The molecule has 1 rings (SSSR count). The highest BCUT2D eigenvalue weighted by atomic mass is 28.4. The molecule has 0 aromatic rings. The van der Waals surface area contributed by atoms with Crippen LogP contribution in [0.2, 0.25) is 18.1 Å². The summed E-state index contributed by atoms with van der Waals surface area (Å²) in [6.07, 6.45) is 0.615. The van der Waals surface area contributed by atoms with Crippen molar-refractivity contribution in [1.82, 2.24) is 0 Å². The first kappa shape index (κ1) is 18.3. The van der Waals surface area contributed by atoms with E-state index in [1.54, 1.807) is 6.92 Å². The lowest BCUT2D eigenvalue weighted by Gasteiger charge is -2.41. The van der Waals surface area contributed by atoms with Gasteiger partial charge in [0.05, 0.1) is 5.92 Å². The summed E-state index contributed by atoms with van der Waals surface area (Å²) in [5.41, 5.74) is -1.06. The summed E-state index contributed by atoms with van der Waals surface area (Å²) in [6.45, 7) is 14.5. The number of hydrogen-bond acceptors (Lipinski definition) is 4. The first-order valence-corrected chi connectivity index (χ1v) is 10.5. The summed E-state index contributed by atoms with van der Waals surface area (Å²) in [5, 5.41) is 11.6. The highest BCUT2D eigenvalue weighted by molar-refractivity contribution is 6.74. The Morgan fingerprint density at radius 3 is 2.38 bits per heavy atom. The molecule has 0 bridgehead atoms. The summed E-state index contributed by atoms with van der Waals surface area (Å²) >= 11 is 0. The zero-order valence-corrected chi connectivity index (χ0v) is 15.4. The standard InChI is InChI=1S/C15H29NO4Si/c1-11-12(10-20-21(6,7)14(2,3)4)15(5,16(18)19)9-8-13(11)17/h11-12H,8-10H2,1-7H3/t11-,12+,15-/m1/s1. The first-order valence-electron chi connectivity index (χ1n) is 7.64. The van der Waals surface area contributed by atoms with Gasteiger partial charge in [-0.05, 0) is 18.1 Å². The van der Waals surface area contributed by atoms with Crippen molar-refractivity contribution in [2.24, 2.45) is 11.8 Å². The largest absolute Gasteiger partial charge is 0.416 e. The van der Waals surface area contributed by atoms with Crippen molar-refractivity contribution >= 4 is 14.1 Å². The predicted octanol–water partition coefficient (Wildman–Crippen LogP) is 3.66. The number of carbonyl (C=O) groups excluding carboxylic acids is 1. The maximum atomic E-state index is 12.0. The highest BCUT2D eigenvalue weighted by Crippen LogP contribution is 2.41. The Morgan fingerprint density at radius 1 is 1.43 bits per heavy atom. The summed E-state index contributed by atoms with van der Waals surface area (Å²) in [5.74, 6) is -0.528. The van der Waals surface area contributed by atoms with E-state index in [-0.39, 0.29) is 27.6 Å². The van der Waals surface area contributed by atoms with Gasteiger partial charge in [-0.15, -0.1) is 0 Å². The molecule has 0 aromatic heterocycles. The molecule has 0 radical (unpaired) electrons. The third-order valence-electron chi connectivity index (χ3n) is 5.63. The lowest BCUT2D eigenvalue weighted by molar-refractivity contribution is -0.581. The zero-order chi connectivity index (χ0) is 16.6. The quantitative estimate of drug-likeness (QED) is 0.451. The fourth-order valence-electron chi connectivity index (χ4n) is 2.62. The predicted molar refractivity (Wildman–Crippen MR) is 85.4 cm³/mol. The Hall–Kier alpha value is -0.753. The van der Waals surface area contributed by atoms with Gasteiger partial charge in [0.15, 0.2) is 8.32 Å². The average molecular weight is 315 g/mol. The van der Waals surface area contributed by atoms with Crippen molar-refractivity contribution in [2.75, 3.05) is 6.61 Å². The molecule has 1 fully saturated rings. The lowest BCUT2D eigenvalue weighted by Crippen LogP contribution is -2.54. The van der Waals surface area contributed by atoms with Crippen molar-refractivity contribution < 1.29 is 14.1 Å². The first-order chi connectivity index (χ1) is 9.33. The molecule has 0 amide bonds. The van der Waals surface area contributed by atoms with Crippen LogP contribution < -0.4 is 0 Å². The minimum Gasteiger partial charge on any atom is -0.416 e. The summed E-state index contributed by atoms with van der Waals surface area (Å²) in [4.78, 5) is 23.3. The van der Waals surface area contributed by atoms with Gasteiger partial charge in [-0.2, -0.15) is 0 Å². The minimum absolute atomic E-state index is 0.0555. The Morgan fingerprint density at radius 2 is 1.95 bits per heavy atom. The number of Topliss-reactive ketones (excluding diaryl/α,β-unsaturated/α-hetero) is 1. The van der Waals surface area contributed by atoms with E-state index in [4.69, 9.17) is 4.43 Å². The van der Waals surface area contributed by atoms with E-state index in [9.17, 15) is 14.9 Å². The van der Waals surface area contributed by atoms with Gasteiger partial charge in [0.2, 0.25) is 5.54 Å².